The quantitative estimate of drug-likeness (QED) is 0.430. The molecule has 8 nitrogen and oxygen atoms in total. The van der Waals surface area contributed by atoms with Crippen LogP contribution in [-0.2, 0) is 9.53 Å². The van der Waals surface area contributed by atoms with Crippen molar-refractivity contribution >= 4 is 29.2 Å². The third-order valence-corrected chi connectivity index (χ3v) is 6.16. The van der Waals surface area contributed by atoms with Crippen molar-refractivity contribution in [1.29, 1.82) is 0 Å². The minimum atomic E-state index is -1.72. The van der Waals surface area contributed by atoms with Crippen LogP contribution in [-0.4, -0.2) is 47.4 Å². The number of ether oxygens (including phenoxy) is 2. The third kappa shape index (κ3) is 3.53. The molecule has 0 spiro atoms. The topological polar surface area (TPSA) is 102 Å². The number of nitro groups is 1. The average Bonchev–Trinajstić information content (AvgIpc) is 2.66. The minimum Gasteiger partial charge on any atom is -0.495 e. The number of methoxy groups -OCH3 is 2. The SMILES string of the molecule is COC(=O)[C@H]1[C@H](c2cc(Cl)cc(Cl)c2OC)C([N+](=O)[O-])=C2CCCCN2[C@@]1(C)O. The van der Waals surface area contributed by atoms with Gasteiger partial charge >= 0.3 is 5.97 Å². The molecule has 0 aromatic heterocycles. The number of benzene rings is 1. The van der Waals surface area contributed by atoms with E-state index in [-0.39, 0.29) is 27.1 Å². The molecule has 1 saturated heterocycles. The van der Waals surface area contributed by atoms with Gasteiger partial charge in [-0.3, -0.25) is 14.9 Å². The number of esters is 1. The van der Waals surface area contributed by atoms with Gasteiger partial charge in [0.05, 0.1) is 35.8 Å². The Hall–Kier alpha value is -2.03. The van der Waals surface area contributed by atoms with Crippen molar-refractivity contribution in [1.82, 2.24) is 4.90 Å². The van der Waals surface area contributed by atoms with Crippen LogP contribution < -0.4 is 4.74 Å². The largest absolute Gasteiger partial charge is 0.495 e. The zero-order valence-corrected chi connectivity index (χ0v) is 17.8. The predicted octanol–water partition coefficient (Wildman–Crippen LogP) is 3.57. The Balaban J connectivity index is 2.39. The van der Waals surface area contributed by atoms with Gasteiger partial charge in [0.25, 0.3) is 5.70 Å². The minimum absolute atomic E-state index is 0.150. The van der Waals surface area contributed by atoms with Gasteiger partial charge in [0, 0.05) is 17.1 Å². The van der Waals surface area contributed by atoms with E-state index < -0.39 is 28.5 Å². The molecule has 29 heavy (non-hydrogen) atoms. The summed E-state index contributed by atoms with van der Waals surface area (Å²) in [6, 6.07) is 2.93. The van der Waals surface area contributed by atoms with Gasteiger partial charge in [-0.25, -0.2) is 0 Å². The molecule has 0 bridgehead atoms. The van der Waals surface area contributed by atoms with Crippen LogP contribution in [0.1, 0.15) is 37.7 Å². The number of hydrogen-bond acceptors (Lipinski definition) is 7. The van der Waals surface area contributed by atoms with Crippen LogP contribution >= 0.6 is 23.2 Å². The first-order valence-electron chi connectivity index (χ1n) is 9.13. The number of piperidine rings is 1. The van der Waals surface area contributed by atoms with Gasteiger partial charge < -0.3 is 19.5 Å². The van der Waals surface area contributed by atoms with E-state index in [1.807, 2.05) is 0 Å². The van der Waals surface area contributed by atoms with Crippen molar-refractivity contribution in [2.24, 2.45) is 5.92 Å². The van der Waals surface area contributed by atoms with Gasteiger partial charge in [-0.2, -0.15) is 0 Å². The van der Waals surface area contributed by atoms with Gasteiger partial charge in [-0.1, -0.05) is 23.2 Å². The summed E-state index contributed by atoms with van der Waals surface area (Å²) < 4.78 is 10.3. The standard InChI is InChI=1S/C19H22Cl2N2O6/c1-19(25)15(18(24)29-3)14(11-8-10(20)9-12(21)17(11)28-2)16(23(26)27)13-6-4-5-7-22(13)19/h8-9,14-15,25H,4-7H2,1-3H3/t14-,15+,19-/m0/s1. The number of aliphatic hydroxyl groups is 1. The van der Waals surface area contributed by atoms with Crippen LogP contribution in [0.2, 0.25) is 10.0 Å². The molecule has 0 saturated carbocycles. The third-order valence-electron chi connectivity index (χ3n) is 5.66. The molecule has 2 aliphatic rings. The van der Waals surface area contributed by atoms with Gasteiger partial charge in [-0.05, 0) is 38.3 Å². The van der Waals surface area contributed by atoms with Crippen LogP contribution in [0.5, 0.6) is 5.75 Å². The molecule has 1 aromatic rings. The summed E-state index contributed by atoms with van der Waals surface area (Å²) in [5.41, 5.74) is -1.24. The van der Waals surface area contributed by atoms with E-state index in [9.17, 15) is 20.0 Å². The number of carbonyl (C=O) groups excluding carboxylic acids is 1. The Labute approximate surface area is 178 Å². The van der Waals surface area contributed by atoms with Crippen LogP contribution in [0.4, 0.5) is 0 Å². The highest BCUT2D eigenvalue weighted by atomic mass is 35.5. The highest BCUT2D eigenvalue weighted by Gasteiger charge is 2.59. The Morgan fingerprint density at radius 2 is 2.03 bits per heavy atom. The Morgan fingerprint density at radius 1 is 1.34 bits per heavy atom. The van der Waals surface area contributed by atoms with Gasteiger partial charge in [0.1, 0.15) is 17.4 Å². The fraction of sp³-hybridized carbons (Fsp3) is 0.526. The summed E-state index contributed by atoms with van der Waals surface area (Å²) >= 11 is 12.4. The van der Waals surface area contributed by atoms with E-state index in [1.54, 1.807) is 4.90 Å². The van der Waals surface area contributed by atoms with Crippen molar-refractivity contribution < 1.29 is 24.3 Å². The van der Waals surface area contributed by atoms with Crippen LogP contribution in [0, 0.1) is 16.0 Å². The second-order valence-electron chi connectivity index (χ2n) is 7.28. The second-order valence-corrected chi connectivity index (χ2v) is 8.12. The van der Waals surface area contributed by atoms with E-state index in [2.05, 4.69) is 0 Å². The maximum atomic E-state index is 12.8. The molecule has 2 aliphatic heterocycles. The number of halogens is 2. The molecule has 0 aliphatic carbocycles. The number of nitrogens with zero attached hydrogens (tertiary/aromatic N) is 2. The molecule has 10 heteroatoms. The van der Waals surface area contributed by atoms with E-state index in [0.717, 1.165) is 12.8 Å². The smallest absolute Gasteiger partial charge is 0.314 e. The molecule has 3 rings (SSSR count). The fourth-order valence-corrected chi connectivity index (χ4v) is 5.06. The summed E-state index contributed by atoms with van der Waals surface area (Å²) in [4.78, 5) is 26.1. The molecule has 0 radical (unpaired) electrons. The Kier molecular flexibility index (Phi) is 5.98. The van der Waals surface area contributed by atoms with Crippen molar-refractivity contribution in [3.8, 4) is 5.75 Å². The Bertz CT molecular complexity index is 886. The van der Waals surface area contributed by atoms with Crippen molar-refractivity contribution in [2.75, 3.05) is 20.8 Å². The lowest BCUT2D eigenvalue weighted by molar-refractivity contribution is -0.439. The number of allylic oxidation sites excluding steroid dienone is 2. The zero-order valence-electron chi connectivity index (χ0n) is 16.3. The van der Waals surface area contributed by atoms with Crippen LogP contribution in [0.25, 0.3) is 0 Å². The molecule has 1 N–H and O–H groups in total. The van der Waals surface area contributed by atoms with E-state index >= 15 is 0 Å². The van der Waals surface area contributed by atoms with Gasteiger partial charge in [0.2, 0.25) is 0 Å². The molecule has 158 valence electrons. The van der Waals surface area contributed by atoms with Crippen LogP contribution in [0.15, 0.2) is 23.5 Å². The van der Waals surface area contributed by atoms with E-state index in [0.29, 0.717) is 18.7 Å². The summed E-state index contributed by atoms with van der Waals surface area (Å²) in [5, 5.41) is 24.0. The first-order valence-corrected chi connectivity index (χ1v) is 9.88. The molecule has 1 aromatic carbocycles. The molecule has 3 atom stereocenters. The zero-order chi connectivity index (χ0) is 21.5. The van der Waals surface area contributed by atoms with Crippen molar-refractivity contribution in [3.05, 3.63) is 49.2 Å². The first kappa shape index (κ1) is 21.7. The summed E-state index contributed by atoms with van der Waals surface area (Å²) in [6.45, 7) is 1.87. The Morgan fingerprint density at radius 3 is 2.62 bits per heavy atom. The molecule has 0 amide bonds. The van der Waals surface area contributed by atoms with Crippen molar-refractivity contribution in [3.63, 3.8) is 0 Å². The maximum absolute atomic E-state index is 12.8. The van der Waals surface area contributed by atoms with Crippen LogP contribution in [0.3, 0.4) is 0 Å². The maximum Gasteiger partial charge on any atom is 0.314 e. The lowest BCUT2D eigenvalue weighted by Crippen LogP contribution is -2.60. The molecular weight excluding hydrogens is 423 g/mol. The average molecular weight is 445 g/mol. The van der Waals surface area contributed by atoms with E-state index in [1.165, 1.54) is 33.3 Å². The molecule has 0 unspecified atom stereocenters. The summed E-state index contributed by atoms with van der Waals surface area (Å²) in [6.07, 6.45) is 1.89. The second kappa shape index (κ2) is 8.01. The monoisotopic (exact) mass is 444 g/mol. The molecule has 1 fully saturated rings. The normalized spacial score (nSPS) is 26.8. The summed E-state index contributed by atoms with van der Waals surface area (Å²) in [7, 11) is 2.55. The van der Waals surface area contributed by atoms with E-state index in [4.69, 9.17) is 32.7 Å². The highest BCUT2D eigenvalue weighted by Crippen LogP contribution is 2.52. The lowest BCUT2D eigenvalue weighted by atomic mass is 9.72. The molecule has 2 heterocycles. The number of rotatable bonds is 4. The lowest BCUT2D eigenvalue weighted by Gasteiger charge is -2.50. The van der Waals surface area contributed by atoms with Crippen molar-refractivity contribution in [2.45, 2.75) is 37.8 Å². The molecular formula is C19H22Cl2N2O6. The number of hydrogen-bond donors (Lipinski definition) is 1. The predicted molar refractivity (Wildman–Crippen MR) is 106 cm³/mol. The van der Waals surface area contributed by atoms with Gasteiger partial charge in [-0.15, -0.1) is 0 Å². The number of fused-ring (bicyclic) bond motifs is 1. The first-order chi connectivity index (χ1) is 13.6. The van der Waals surface area contributed by atoms with Gasteiger partial charge in [0.15, 0.2) is 0 Å². The highest BCUT2D eigenvalue weighted by molar-refractivity contribution is 6.35. The summed E-state index contributed by atoms with van der Waals surface area (Å²) in [5.74, 6) is -3.07. The fourth-order valence-electron chi connectivity index (χ4n) is 4.48. The number of carbonyl (C=O) groups is 1.